The van der Waals surface area contributed by atoms with E-state index in [4.69, 9.17) is 23.2 Å². The molecule has 0 spiro atoms. The molecule has 1 fully saturated rings. The maximum Gasteiger partial charge on any atom is 0.211 e. The summed E-state index contributed by atoms with van der Waals surface area (Å²) < 4.78 is 0. The SMILES string of the molecule is O=CNc1cccc(C(NCC2CC2)c2ccc(Cl)cc2Cl)c1. The third kappa shape index (κ3) is 4.25. The highest BCUT2D eigenvalue weighted by Crippen LogP contribution is 2.34. The summed E-state index contributed by atoms with van der Waals surface area (Å²) in [5.41, 5.74) is 2.81. The predicted octanol–water partition coefficient (Wildman–Crippen LogP) is 4.65. The zero-order valence-corrected chi connectivity index (χ0v) is 14.1. The Bertz CT molecular complexity index is 701. The van der Waals surface area contributed by atoms with Crippen molar-refractivity contribution in [3.05, 3.63) is 63.6 Å². The van der Waals surface area contributed by atoms with Crippen LogP contribution in [0.4, 0.5) is 5.69 Å². The van der Waals surface area contributed by atoms with Crippen molar-refractivity contribution in [1.29, 1.82) is 0 Å². The van der Waals surface area contributed by atoms with E-state index in [0.717, 1.165) is 29.3 Å². The van der Waals surface area contributed by atoms with E-state index in [-0.39, 0.29) is 6.04 Å². The van der Waals surface area contributed by atoms with Gasteiger partial charge in [-0.25, -0.2) is 0 Å². The average Bonchev–Trinajstić information content (AvgIpc) is 3.34. The van der Waals surface area contributed by atoms with Gasteiger partial charge in [0.05, 0.1) is 6.04 Å². The maximum atomic E-state index is 10.7. The number of carbonyl (C=O) groups excluding carboxylic acids is 1. The monoisotopic (exact) mass is 348 g/mol. The van der Waals surface area contributed by atoms with E-state index in [1.807, 2.05) is 36.4 Å². The summed E-state index contributed by atoms with van der Waals surface area (Å²) >= 11 is 12.4. The number of hydrogen-bond donors (Lipinski definition) is 2. The Morgan fingerprint density at radius 1 is 1.17 bits per heavy atom. The number of rotatable bonds is 7. The topological polar surface area (TPSA) is 41.1 Å². The van der Waals surface area contributed by atoms with Gasteiger partial charge in [0.15, 0.2) is 0 Å². The molecule has 1 saturated carbocycles. The number of halogens is 2. The molecule has 0 radical (unpaired) electrons. The first kappa shape index (κ1) is 16.3. The summed E-state index contributed by atoms with van der Waals surface area (Å²) in [6.07, 6.45) is 3.24. The van der Waals surface area contributed by atoms with Crippen molar-refractivity contribution in [2.45, 2.75) is 18.9 Å². The molecule has 0 heterocycles. The smallest absolute Gasteiger partial charge is 0.211 e. The molecule has 1 aliphatic rings. The molecule has 0 aromatic heterocycles. The minimum atomic E-state index is -0.0335. The second-order valence-corrected chi connectivity index (χ2v) is 6.68. The number of anilines is 1. The lowest BCUT2D eigenvalue weighted by Crippen LogP contribution is -2.25. The van der Waals surface area contributed by atoms with Gasteiger partial charge in [-0.3, -0.25) is 4.79 Å². The van der Waals surface area contributed by atoms with Crippen LogP contribution in [0.3, 0.4) is 0 Å². The molecule has 3 rings (SSSR count). The van der Waals surface area contributed by atoms with E-state index in [9.17, 15) is 4.79 Å². The first-order valence-corrected chi connectivity index (χ1v) is 8.41. The van der Waals surface area contributed by atoms with Crippen LogP contribution in [0.25, 0.3) is 0 Å². The normalized spacial score (nSPS) is 15.2. The molecule has 3 nitrogen and oxygen atoms in total. The van der Waals surface area contributed by atoms with Crippen molar-refractivity contribution >= 4 is 35.3 Å². The molecule has 2 aromatic carbocycles. The number of carbonyl (C=O) groups is 1. The van der Waals surface area contributed by atoms with Gasteiger partial charge in [0.25, 0.3) is 0 Å². The van der Waals surface area contributed by atoms with Crippen molar-refractivity contribution in [3.8, 4) is 0 Å². The molecule has 1 aliphatic carbocycles. The summed E-state index contributed by atoms with van der Waals surface area (Å²) in [4.78, 5) is 10.7. The second kappa shape index (κ2) is 7.35. The standard InChI is InChI=1S/C18H18Cl2N2O/c19-14-6-7-16(17(20)9-14)18(21-10-12-4-5-12)13-2-1-3-15(8-13)22-11-23/h1-3,6-9,11-12,18,21H,4-5,10H2,(H,22,23). The average molecular weight is 349 g/mol. The third-order valence-electron chi connectivity index (χ3n) is 4.03. The minimum absolute atomic E-state index is 0.0335. The van der Waals surface area contributed by atoms with E-state index >= 15 is 0 Å². The highest BCUT2D eigenvalue weighted by molar-refractivity contribution is 6.35. The zero-order valence-electron chi connectivity index (χ0n) is 12.6. The molecule has 2 aromatic rings. The molecule has 5 heteroatoms. The predicted molar refractivity (Wildman–Crippen MR) is 95.2 cm³/mol. The van der Waals surface area contributed by atoms with E-state index < -0.39 is 0 Å². The number of hydrogen-bond acceptors (Lipinski definition) is 2. The van der Waals surface area contributed by atoms with Gasteiger partial charge in [0.2, 0.25) is 6.41 Å². The molecule has 23 heavy (non-hydrogen) atoms. The molecule has 120 valence electrons. The van der Waals surface area contributed by atoms with Gasteiger partial charge in [-0.2, -0.15) is 0 Å². The summed E-state index contributed by atoms with van der Waals surface area (Å²) in [5.74, 6) is 0.750. The van der Waals surface area contributed by atoms with E-state index in [0.29, 0.717) is 16.5 Å². The Labute approximate surface area is 146 Å². The van der Waals surface area contributed by atoms with Crippen molar-refractivity contribution in [2.24, 2.45) is 5.92 Å². The van der Waals surface area contributed by atoms with Crippen molar-refractivity contribution in [2.75, 3.05) is 11.9 Å². The highest BCUT2D eigenvalue weighted by atomic mass is 35.5. The van der Waals surface area contributed by atoms with Crippen LogP contribution in [0.1, 0.15) is 30.0 Å². The quantitative estimate of drug-likeness (QED) is 0.715. The van der Waals surface area contributed by atoms with Crippen LogP contribution in [-0.2, 0) is 4.79 Å². The number of nitrogens with one attached hydrogen (secondary N) is 2. The number of amides is 1. The Kier molecular flexibility index (Phi) is 5.21. The van der Waals surface area contributed by atoms with Crippen LogP contribution in [0.5, 0.6) is 0 Å². The molecule has 2 N–H and O–H groups in total. The molecular weight excluding hydrogens is 331 g/mol. The zero-order chi connectivity index (χ0) is 16.2. The third-order valence-corrected chi connectivity index (χ3v) is 4.59. The first-order chi connectivity index (χ1) is 11.2. The Morgan fingerprint density at radius 2 is 2.00 bits per heavy atom. The Hall–Kier alpha value is -1.55. The van der Waals surface area contributed by atoms with E-state index in [1.54, 1.807) is 6.07 Å². The van der Waals surface area contributed by atoms with Crippen LogP contribution >= 0.6 is 23.2 Å². The summed E-state index contributed by atoms with van der Waals surface area (Å²) in [7, 11) is 0. The molecule has 0 bridgehead atoms. The largest absolute Gasteiger partial charge is 0.329 e. The van der Waals surface area contributed by atoms with Gasteiger partial charge < -0.3 is 10.6 Å². The molecule has 0 aliphatic heterocycles. The lowest BCUT2D eigenvalue weighted by atomic mass is 9.98. The van der Waals surface area contributed by atoms with Gasteiger partial charge in [0.1, 0.15) is 0 Å². The Balaban J connectivity index is 1.93. The van der Waals surface area contributed by atoms with Crippen molar-refractivity contribution in [3.63, 3.8) is 0 Å². The summed E-state index contributed by atoms with van der Waals surface area (Å²) in [6, 6.07) is 13.3. The van der Waals surface area contributed by atoms with Crippen molar-refractivity contribution in [1.82, 2.24) is 5.32 Å². The summed E-state index contributed by atoms with van der Waals surface area (Å²) in [5, 5.41) is 7.55. The van der Waals surface area contributed by atoms with Gasteiger partial charge in [-0.15, -0.1) is 0 Å². The fourth-order valence-electron chi connectivity index (χ4n) is 2.63. The first-order valence-electron chi connectivity index (χ1n) is 7.66. The highest BCUT2D eigenvalue weighted by Gasteiger charge is 2.24. The lowest BCUT2D eigenvalue weighted by Gasteiger charge is -2.22. The van der Waals surface area contributed by atoms with E-state index in [2.05, 4.69) is 10.6 Å². The second-order valence-electron chi connectivity index (χ2n) is 5.84. The van der Waals surface area contributed by atoms with Crippen LogP contribution in [0.15, 0.2) is 42.5 Å². The fourth-order valence-corrected chi connectivity index (χ4v) is 3.14. The van der Waals surface area contributed by atoms with Crippen LogP contribution < -0.4 is 10.6 Å². The van der Waals surface area contributed by atoms with Gasteiger partial charge in [-0.05, 0) is 60.7 Å². The summed E-state index contributed by atoms with van der Waals surface area (Å²) in [6.45, 7) is 0.953. The van der Waals surface area contributed by atoms with Gasteiger partial charge >= 0.3 is 0 Å². The van der Waals surface area contributed by atoms with Crippen LogP contribution in [0, 0.1) is 5.92 Å². The maximum absolute atomic E-state index is 10.7. The lowest BCUT2D eigenvalue weighted by molar-refractivity contribution is -0.105. The molecular formula is C18H18Cl2N2O. The molecule has 1 amide bonds. The fraction of sp³-hybridized carbons (Fsp3) is 0.278. The van der Waals surface area contributed by atoms with Crippen LogP contribution in [-0.4, -0.2) is 13.0 Å². The van der Waals surface area contributed by atoms with Gasteiger partial charge in [0, 0.05) is 15.7 Å². The Morgan fingerprint density at radius 3 is 2.70 bits per heavy atom. The minimum Gasteiger partial charge on any atom is -0.329 e. The van der Waals surface area contributed by atoms with Crippen LogP contribution in [0.2, 0.25) is 10.0 Å². The molecule has 0 saturated heterocycles. The van der Waals surface area contributed by atoms with Crippen molar-refractivity contribution < 1.29 is 4.79 Å². The van der Waals surface area contributed by atoms with Gasteiger partial charge in [-0.1, -0.05) is 41.4 Å². The van der Waals surface area contributed by atoms with E-state index in [1.165, 1.54) is 12.8 Å². The molecule has 1 unspecified atom stereocenters. The number of benzene rings is 2. The molecule has 1 atom stereocenters.